The Labute approximate surface area is 268 Å². The minimum absolute atomic E-state index is 0.0528. The van der Waals surface area contributed by atoms with E-state index in [0.717, 1.165) is 4.90 Å². The maximum absolute atomic E-state index is 13.8. The summed E-state index contributed by atoms with van der Waals surface area (Å²) in [6, 6.07) is 4.81. The zero-order valence-electron chi connectivity index (χ0n) is 25.5. The fourth-order valence-corrected chi connectivity index (χ4v) is 6.77. The molecule has 4 heterocycles. The van der Waals surface area contributed by atoms with Crippen molar-refractivity contribution in [1.29, 1.82) is 0 Å². The van der Waals surface area contributed by atoms with Gasteiger partial charge >= 0.3 is 0 Å². The summed E-state index contributed by atoms with van der Waals surface area (Å²) in [5.41, 5.74) is 1.09. The van der Waals surface area contributed by atoms with Crippen molar-refractivity contribution < 1.29 is 48.3 Å². The van der Waals surface area contributed by atoms with Crippen LogP contribution in [0.25, 0.3) is 11.3 Å². The van der Waals surface area contributed by atoms with Crippen LogP contribution in [0.5, 0.6) is 5.75 Å². The van der Waals surface area contributed by atoms with Gasteiger partial charge in [-0.05, 0) is 25.0 Å². The summed E-state index contributed by atoms with van der Waals surface area (Å²) < 4.78 is 34.5. The van der Waals surface area contributed by atoms with Gasteiger partial charge in [0, 0.05) is 57.0 Å². The Morgan fingerprint density at radius 2 is 1.85 bits per heavy atom. The van der Waals surface area contributed by atoms with Gasteiger partial charge in [0.2, 0.25) is 17.7 Å². The van der Waals surface area contributed by atoms with Gasteiger partial charge < -0.3 is 45.6 Å². The van der Waals surface area contributed by atoms with E-state index in [1.54, 1.807) is 18.3 Å². The smallest absolute Gasteiger partial charge is 0.255 e. The average molecular weight is 664 g/mol. The number of nitrogens with one attached hydrogen (secondary N) is 2. The molecule has 1 aromatic heterocycles. The Bertz CT molecular complexity index is 1470. The zero-order valence-corrected chi connectivity index (χ0v) is 25.5. The van der Waals surface area contributed by atoms with E-state index in [2.05, 4.69) is 20.9 Å². The largest absolute Gasteiger partial charge is 0.508 e. The van der Waals surface area contributed by atoms with Gasteiger partial charge in [0.25, 0.3) is 5.91 Å². The molecular formula is C30H39F2N7O8. The first-order valence-corrected chi connectivity index (χ1v) is 15.8. The van der Waals surface area contributed by atoms with Crippen LogP contribution in [0.3, 0.4) is 0 Å². The highest BCUT2D eigenvalue weighted by molar-refractivity contribution is 5.92. The molecule has 6 rings (SSSR count). The van der Waals surface area contributed by atoms with E-state index in [4.69, 9.17) is 4.74 Å². The third-order valence-electron chi connectivity index (χ3n) is 9.53. The lowest BCUT2D eigenvalue weighted by Crippen LogP contribution is -2.65. The number of hydrogen-bond acceptors (Lipinski definition) is 11. The van der Waals surface area contributed by atoms with Gasteiger partial charge in [0.15, 0.2) is 6.10 Å². The van der Waals surface area contributed by atoms with Gasteiger partial charge in [0.1, 0.15) is 41.9 Å². The van der Waals surface area contributed by atoms with Crippen LogP contribution in [0.4, 0.5) is 8.78 Å². The summed E-state index contributed by atoms with van der Waals surface area (Å²) in [6.45, 7) is -0.658. The lowest BCUT2D eigenvalue weighted by molar-refractivity contribution is -0.223. The summed E-state index contributed by atoms with van der Waals surface area (Å²) in [4.78, 5) is 43.6. The monoisotopic (exact) mass is 663 g/mol. The third kappa shape index (κ3) is 7.08. The normalized spacial score (nSPS) is 32.0. The van der Waals surface area contributed by atoms with Crippen LogP contribution in [0, 0.1) is 0 Å². The molecule has 3 saturated heterocycles. The molecule has 3 aliphatic heterocycles. The molecule has 1 aliphatic carbocycles. The summed E-state index contributed by atoms with van der Waals surface area (Å²) in [7, 11) is 0. The maximum atomic E-state index is 13.8. The van der Waals surface area contributed by atoms with Crippen molar-refractivity contribution >= 4 is 17.7 Å². The molecular weight excluding hydrogens is 624 g/mol. The van der Waals surface area contributed by atoms with Crippen LogP contribution >= 0.6 is 0 Å². The molecule has 6 N–H and O–H groups in total. The number of aliphatic hydroxyl groups excluding tert-OH is 3. The molecule has 4 fully saturated rings. The number of phenols is 1. The van der Waals surface area contributed by atoms with E-state index in [0.29, 0.717) is 11.3 Å². The lowest BCUT2D eigenvalue weighted by atomic mass is 9.92. The van der Waals surface area contributed by atoms with E-state index >= 15 is 0 Å². The highest BCUT2D eigenvalue weighted by atomic mass is 19.3. The minimum atomic E-state index is -2.71. The van der Waals surface area contributed by atoms with Crippen molar-refractivity contribution in [2.75, 3.05) is 32.7 Å². The molecule has 47 heavy (non-hydrogen) atoms. The molecule has 0 unspecified atom stereocenters. The second-order valence-corrected chi connectivity index (χ2v) is 12.7. The number of carbonyl (C=O) groups excluding carboxylic acids is 3. The fourth-order valence-electron chi connectivity index (χ4n) is 6.77. The molecule has 3 amide bonds. The third-order valence-corrected chi connectivity index (χ3v) is 9.53. The molecule has 7 atom stereocenters. The average Bonchev–Trinajstić information content (AvgIpc) is 3.71. The number of aromatic hydroxyl groups is 1. The predicted octanol–water partition coefficient (Wildman–Crippen LogP) is -1.23. The lowest BCUT2D eigenvalue weighted by Gasteiger charge is -2.42. The molecule has 2 bridgehead atoms. The van der Waals surface area contributed by atoms with Crippen LogP contribution in [0.2, 0.25) is 0 Å². The molecule has 15 nitrogen and oxygen atoms in total. The fraction of sp³-hybridized carbons (Fsp3) is 0.633. The number of aliphatic hydroxyl groups is 3. The van der Waals surface area contributed by atoms with Gasteiger partial charge in [-0.2, -0.15) is 0 Å². The van der Waals surface area contributed by atoms with E-state index in [-0.39, 0.29) is 70.1 Å². The minimum Gasteiger partial charge on any atom is -0.508 e. The first kappa shape index (κ1) is 33.1. The van der Waals surface area contributed by atoms with Crippen LogP contribution < -0.4 is 10.6 Å². The van der Waals surface area contributed by atoms with Gasteiger partial charge in [-0.25, -0.2) is 13.5 Å². The van der Waals surface area contributed by atoms with Crippen molar-refractivity contribution in [3.05, 3.63) is 30.5 Å². The molecule has 1 aromatic carbocycles. The van der Waals surface area contributed by atoms with Gasteiger partial charge in [-0.3, -0.25) is 14.4 Å². The first-order valence-electron chi connectivity index (χ1n) is 15.8. The number of rotatable bonds is 6. The van der Waals surface area contributed by atoms with Gasteiger partial charge in [0.05, 0.1) is 18.8 Å². The summed E-state index contributed by atoms with van der Waals surface area (Å²) in [5.74, 6) is -4.56. The van der Waals surface area contributed by atoms with Crippen molar-refractivity contribution in [2.24, 2.45) is 0 Å². The van der Waals surface area contributed by atoms with Crippen molar-refractivity contribution in [1.82, 2.24) is 35.4 Å². The Hall–Kier alpha value is -3.77. The summed E-state index contributed by atoms with van der Waals surface area (Å²) >= 11 is 0. The number of halogens is 2. The molecule has 0 radical (unpaired) electrons. The number of ether oxygens (including phenoxy) is 1. The highest BCUT2D eigenvalue weighted by Crippen LogP contribution is 2.33. The Morgan fingerprint density at radius 1 is 1.09 bits per heavy atom. The molecule has 4 aliphatic rings. The number of alkyl halides is 2. The highest BCUT2D eigenvalue weighted by Gasteiger charge is 2.49. The number of phenolic OH excluding ortho intramolecular Hbond substituents is 1. The second kappa shape index (κ2) is 13.4. The Morgan fingerprint density at radius 3 is 2.60 bits per heavy atom. The number of fused-ring (bicyclic) bond motifs is 3. The number of hydrogen-bond donors (Lipinski definition) is 6. The van der Waals surface area contributed by atoms with E-state index < -0.39 is 72.8 Å². The summed E-state index contributed by atoms with van der Waals surface area (Å²) in [6.07, 6.45) is -6.27. The number of nitrogens with zero attached hydrogens (tertiary/aromatic N) is 5. The molecule has 1 saturated carbocycles. The summed E-state index contributed by atoms with van der Waals surface area (Å²) in [5, 5.41) is 55.9. The maximum Gasteiger partial charge on any atom is 0.255 e. The second-order valence-electron chi connectivity index (χ2n) is 12.7. The number of benzene rings is 1. The Balaban J connectivity index is 1.22. The predicted molar refractivity (Wildman–Crippen MR) is 158 cm³/mol. The van der Waals surface area contributed by atoms with E-state index in [1.165, 1.54) is 21.7 Å². The molecule has 2 aromatic rings. The topological polar surface area (TPSA) is 203 Å². The number of aromatic nitrogens is 3. The van der Waals surface area contributed by atoms with Crippen molar-refractivity contribution in [3.8, 4) is 17.0 Å². The van der Waals surface area contributed by atoms with Gasteiger partial charge in [-0.1, -0.05) is 17.3 Å². The quantitative estimate of drug-likeness (QED) is 0.216. The van der Waals surface area contributed by atoms with Crippen molar-refractivity contribution in [3.63, 3.8) is 0 Å². The zero-order chi connectivity index (χ0) is 33.5. The number of amides is 3. The standard InChI is InChI=1S/C30H39F2N7O8/c31-30(32)6-4-17(5-7-30)33-8-9-37-15-23(41)38-13-18(39-14-20(35-36-39)16-2-1-3-19(40)10-16)11-21(38)28(45)34-12-22-24(42)25(43)26(44)27(47-22)29(37)46/h1-3,10,14,17-18,21-22,24-27,33,40,42-44H,4-9,11-13,15H2,(H,34,45)/t18-,21-,22-,24-,25+,26+,27-/m0/s1. The van der Waals surface area contributed by atoms with Crippen LogP contribution in [0.15, 0.2) is 30.5 Å². The number of carbonyl (C=O) groups is 3. The molecule has 0 spiro atoms. The van der Waals surface area contributed by atoms with E-state index in [1.807, 2.05) is 0 Å². The van der Waals surface area contributed by atoms with Crippen LogP contribution in [0.1, 0.15) is 38.1 Å². The van der Waals surface area contributed by atoms with Crippen molar-refractivity contribution in [2.45, 2.75) is 86.7 Å². The van der Waals surface area contributed by atoms with E-state index in [9.17, 15) is 43.6 Å². The van der Waals surface area contributed by atoms with Crippen LogP contribution in [-0.2, 0) is 19.1 Å². The van der Waals surface area contributed by atoms with Crippen LogP contribution in [-0.4, -0.2) is 144 Å². The SMILES string of the molecule is O=C1NC[C@@H]2O[C@H](C(=O)N(CCNC3CCC(F)(F)CC3)CC(=O)N3C[C@@H](n4cc(-c5cccc(O)c5)nn4)C[C@@H]13)[C@H](O)[C@H](O)[C@H]2O. The van der Waals surface area contributed by atoms with Gasteiger partial charge in [-0.15, -0.1) is 5.10 Å². The Kier molecular flexibility index (Phi) is 9.44. The first-order chi connectivity index (χ1) is 22.4. The molecule has 256 valence electrons. The molecule has 17 heteroatoms.